The average Bonchev–Trinajstić information content (AvgIpc) is 2.09. The third-order valence-corrected chi connectivity index (χ3v) is 1.59. The predicted molar refractivity (Wildman–Crippen MR) is 52.7 cm³/mol. The topological polar surface area (TPSA) is 114 Å². The molecule has 0 atom stereocenters. The van der Waals surface area contributed by atoms with Crippen LogP contribution in [0.3, 0.4) is 0 Å². The van der Waals surface area contributed by atoms with Crippen LogP contribution in [0, 0.1) is 0 Å². The Morgan fingerprint density at radius 2 is 2.07 bits per heavy atom. The summed E-state index contributed by atoms with van der Waals surface area (Å²) in [7, 11) is 1.43. The number of nitrogens with two attached hydrogens (primary N) is 2. The molecule has 14 heavy (non-hydrogen) atoms. The van der Waals surface area contributed by atoms with E-state index in [1.54, 1.807) is 0 Å². The van der Waals surface area contributed by atoms with Crippen LogP contribution in [0.2, 0.25) is 0 Å². The number of carboxylic acids is 1. The minimum absolute atomic E-state index is 0.0481. The summed E-state index contributed by atoms with van der Waals surface area (Å²) in [6.45, 7) is 0. The zero-order valence-corrected chi connectivity index (χ0v) is 7.56. The summed E-state index contributed by atoms with van der Waals surface area (Å²) in [5.41, 5.74) is 11.6. The number of hydrogen-bond donors (Lipinski definition) is 3. The summed E-state index contributed by atoms with van der Waals surface area (Å²) in [5, 5.41) is 15.9. The molecule has 0 saturated heterocycles. The van der Waals surface area contributed by atoms with E-state index in [1.807, 2.05) is 0 Å². The normalized spacial score (nSPS) is 10.6. The number of benzene rings is 1. The third-order valence-electron chi connectivity index (χ3n) is 1.59. The molecule has 0 aliphatic rings. The molecule has 0 aliphatic carbocycles. The van der Waals surface area contributed by atoms with E-state index < -0.39 is 5.97 Å². The Morgan fingerprint density at radius 3 is 2.57 bits per heavy atom. The maximum absolute atomic E-state index is 10.8. The Morgan fingerprint density at radius 1 is 1.43 bits per heavy atom. The second-order valence-corrected chi connectivity index (χ2v) is 2.61. The van der Waals surface area contributed by atoms with Crippen LogP contribution in [0.25, 0.3) is 0 Å². The first-order valence-electron chi connectivity index (χ1n) is 3.78. The van der Waals surface area contributed by atoms with E-state index in [1.165, 1.54) is 19.2 Å². The average molecular weight is 194 g/mol. The largest absolute Gasteiger partial charge is 0.478 e. The lowest BCUT2D eigenvalue weighted by Gasteiger charge is -2.04. The van der Waals surface area contributed by atoms with Crippen molar-refractivity contribution in [1.29, 1.82) is 0 Å². The van der Waals surface area contributed by atoms with Gasteiger partial charge in [-0.25, -0.2) is 4.79 Å². The summed E-state index contributed by atoms with van der Waals surface area (Å²) in [6, 6.07) is 2.74. The Hall–Kier alpha value is -2.11. The number of rotatable bonds is 2. The van der Waals surface area contributed by atoms with Crippen molar-refractivity contribution in [3.05, 3.63) is 17.7 Å². The Kier molecular flexibility index (Phi) is 2.66. The molecule has 1 rings (SSSR count). The molecule has 0 spiro atoms. The lowest BCUT2D eigenvalue weighted by atomic mass is 10.1. The highest BCUT2D eigenvalue weighted by Crippen LogP contribution is 2.29. The monoisotopic (exact) mass is 194 g/mol. The van der Waals surface area contributed by atoms with Crippen LogP contribution in [-0.2, 0) is 0 Å². The molecule has 0 aliphatic heterocycles. The molecule has 0 unspecified atom stereocenters. The first-order valence-corrected chi connectivity index (χ1v) is 3.78. The molecule has 6 heteroatoms. The van der Waals surface area contributed by atoms with Gasteiger partial charge in [-0.3, -0.25) is 0 Å². The van der Waals surface area contributed by atoms with Crippen molar-refractivity contribution in [3.8, 4) is 0 Å². The summed E-state index contributed by atoms with van der Waals surface area (Å²) >= 11 is 0. The van der Waals surface area contributed by atoms with Gasteiger partial charge in [-0.15, -0.1) is 0 Å². The molecule has 0 aromatic heterocycles. The molecule has 0 bridgehead atoms. The number of nitrogen functional groups attached to an aromatic ring is 2. The molecule has 6 nitrogen and oxygen atoms in total. The zero-order chi connectivity index (χ0) is 10.7. The molecule has 0 amide bonds. The van der Waals surface area contributed by atoms with Crippen molar-refractivity contribution < 1.29 is 9.90 Å². The van der Waals surface area contributed by atoms with E-state index in [0.717, 1.165) is 0 Å². The van der Waals surface area contributed by atoms with Crippen LogP contribution in [-0.4, -0.2) is 18.1 Å². The number of carboxylic acid groups (broad SMARTS) is 1. The SMILES string of the molecule is CN=Nc1c(N)cc(N)cc1C(=O)O. The van der Waals surface area contributed by atoms with Crippen LogP contribution in [0.1, 0.15) is 10.4 Å². The fourth-order valence-corrected chi connectivity index (χ4v) is 1.05. The zero-order valence-electron chi connectivity index (χ0n) is 7.56. The van der Waals surface area contributed by atoms with Crippen molar-refractivity contribution in [2.45, 2.75) is 0 Å². The van der Waals surface area contributed by atoms with Gasteiger partial charge < -0.3 is 16.6 Å². The van der Waals surface area contributed by atoms with Crippen molar-refractivity contribution in [3.63, 3.8) is 0 Å². The van der Waals surface area contributed by atoms with E-state index in [-0.39, 0.29) is 22.6 Å². The van der Waals surface area contributed by atoms with Gasteiger partial charge in [0.2, 0.25) is 0 Å². The van der Waals surface area contributed by atoms with Crippen LogP contribution in [0.4, 0.5) is 17.1 Å². The Balaban J connectivity index is 3.44. The molecule has 0 heterocycles. The van der Waals surface area contributed by atoms with Gasteiger partial charge in [-0.05, 0) is 12.1 Å². The molecular weight excluding hydrogens is 184 g/mol. The van der Waals surface area contributed by atoms with E-state index in [9.17, 15) is 4.79 Å². The Bertz CT molecular complexity index is 401. The molecule has 0 saturated carbocycles. The summed E-state index contributed by atoms with van der Waals surface area (Å²) < 4.78 is 0. The van der Waals surface area contributed by atoms with Gasteiger partial charge in [-0.1, -0.05) is 0 Å². The van der Waals surface area contributed by atoms with Gasteiger partial charge in [-0.2, -0.15) is 10.2 Å². The number of nitrogens with zero attached hydrogens (tertiary/aromatic N) is 2. The number of anilines is 2. The molecule has 0 fully saturated rings. The van der Waals surface area contributed by atoms with Crippen molar-refractivity contribution >= 4 is 23.0 Å². The van der Waals surface area contributed by atoms with Gasteiger partial charge in [0.15, 0.2) is 0 Å². The highest BCUT2D eigenvalue weighted by atomic mass is 16.4. The van der Waals surface area contributed by atoms with E-state index >= 15 is 0 Å². The predicted octanol–water partition coefficient (Wildman–Crippen LogP) is 1.26. The van der Waals surface area contributed by atoms with Crippen molar-refractivity contribution in [2.75, 3.05) is 18.5 Å². The number of carbonyl (C=O) groups is 1. The van der Waals surface area contributed by atoms with Gasteiger partial charge >= 0.3 is 5.97 Å². The van der Waals surface area contributed by atoms with Gasteiger partial charge in [0.1, 0.15) is 5.69 Å². The van der Waals surface area contributed by atoms with Gasteiger partial charge in [0.05, 0.1) is 11.3 Å². The second-order valence-electron chi connectivity index (χ2n) is 2.61. The summed E-state index contributed by atoms with van der Waals surface area (Å²) in [5.74, 6) is -1.13. The highest BCUT2D eigenvalue weighted by Gasteiger charge is 2.13. The summed E-state index contributed by atoms with van der Waals surface area (Å²) in [4.78, 5) is 10.8. The van der Waals surface area contributed by atoms with Crippen LogP contribution < -0.4 is 11.5 Å². The molecule has 74 valence electrons. The number of hydrogen-bond acceptors (Lipinski definition) is 5. The standard InChI is InChI=1S/C8H10N4O2/c1-11-12-7-5(8(13)14)2-4(9)3-6(7)10/h2-3H,9-10H2,1H3,(H,13,14). The Labute approximate surface area is 80.2 Å². The van der Waals surface area contributed by atoms with Crippen molar-refractivity contribution in [1.82, 2.24) is 0 Å². The number of aromatic carboxylic acids is 1. The quantitative estimate of drug-likeness (QED) is 0.485. The smallest absolute Gasteiger partial charge is 0.338 e. The fraction of sp³-hybridized carbons (Fsp3) is 0.125. The van der Waals surface area contributed by atoms with Crippen LogP contribution in [0.5, 0.6) is 0 Å². The fourth-order valence-electron chi connectivity index (χ4n) is 1.05. The maximum atomic E-state index is 10.8. The van der Waals surface area contributed by atoms with Crippen molar-refractivity contribution in [2.24, 2.45) is 10.2 Å². The highest BCUT2D eigenvalue weighted by molar-refractivity contribution is 5.97. The van der Waals surface area contributed by atoms with Crippen LogP contribution in [0.15, 0.2) is 22.4 Å². The second kappa shape index (κ2) is 3.73. The minimum Gasteiger partial charge on any atom is -0.478 e. The third kappa shape index (κ3) is 1.79. The lowest BCUT2D eigenvalue weighted by molar-refractivity contribution is 0.0698. The molecular formula is C8H10N4O2. The van der Waals surface area contributed by atoms with Crippen LogP contribution >= 0.6 is 0 Å². The van der Waals surface area contributed by atoms with Gasteiger partial charge in [0, 0.05) is 12.7 Å². The van der Waals surface area contributed by atoms with E-state index in [2.05, 4.69) is 10.2 Å². The molecule has 1 aromatic rings. The molecule has 0 radical (unpaired) electrons. The minimum atomic E-state index is -1.13. The lowest BCUT2D eigenvalue weighted by Crippen LogP contribution is -2.01. The first-order chi connectivity index (χ1) is 6.56. The maximum Gasteiger partial charge on any atom is 0.338 e. The molecule has 5 N–H and O–H groups in total. The van der Waals surface area contributed by atoms with E-state index in [4.69, 9.17) is 16.6 Å². The first kappa shape index (κ1) is 9.97. The van der Waals surface area contributed by atoms with E-state index in [0.29, 0.717) is 0 Å². The summed E-state index contributed by atoms with van der Waals surface area (Å²) in [6.07, 6.45) is 0. The van der Waals surface area contributed by atoms with Gasteiger partial charge in [0.25, 0.3) is 0 Å². The number of azo groups is 1. The molecule has 1 aromatic carbocycles.